The molecule has 3 N–H and O–H groups in total. The normalized spacial score (nSPS) is 13.0. The second-order valence-corrected chi connectivity index (χ2v) is 7.01. The van der Waals surface area contributed by atoms with Crippen molar-refractivity contribution in [3.63, 3.8) is 0 Å². The average molecular weight is 381 g/mol. The lowest BCUT2D eigenvalue weighted by Gasteiger charge is -2.16. The van der Waals surface area contributed by atoms with Gasteiger partial charge >= 0.3 is 0 Å². The molecule has 0 saturated heterocycles. The fourth-order valence-corrected chi connectivity index (χ4v) is 3.44. The van der Waals surface area contributed by atoms with Crippen LogP contribution < -0.4 is 10.5 Å². The van der Waals surface area contributed by atoms with Crippen LogP contribution in [0.25, 0.3) is 0 Å². The molecule has 0 aromatic heterocycles. The largest absolute Gasteiger partial charge is 0.349 e. The van der Waals surface area contributed by atoms with Crippen molar-refractivity contribution >= 4 is 31.9 Å². The maximum atomic E-state index is 13.8. The van der Waals surface area contributed by atoms with E-state index >= 15 is 0 Å². The summed E-state index contributed by atoms with van der Waals surface area (Å²) >= 11 is 2.82. The van der Waals surface area contributed by atoms with Crippen LogP contribution in [0, 0.1) is 5.82 Å². The molecule has 8 heteroatoms. The van der Waals surface area contributed by atoms with E-state index in [0.717, 1.165) is 31.4 Å². The van der Waals surface area contributed by atoms with Crippen molar-refractivity contribution in [2.45, 2.75) is 44.0 Å². The van der Waals surface area contributed by atoms with Gasteiger partial charge in [-0.1, -0.05) is 20.3 Å². The van der Waals surface area contributed by atoms with E-state index in [1.54, 1.807) is 0 Å². The van der Waals surface area contributed by atoms with Gasteiger partial charge in [0.25, 0.3) is 5.91 Å². The minimum Gasteiger partial charge on any atom is -0.349 e. The molecule has 0 aliphatic heterocycles. The summed E-state index contributed by atoms with van der Waals surface area (Å²) in [5, 5.41) is 7.77. The molecule has 1 aromatic rings. The first kappa shape index (κ1) is 18.1. The number of amides is 1. The molecule has 1 aromatic carbocycles. The number of carbonyl (C=O) groups is 1. The first-order chi connectivity index (χ1) is 9.70. The molecule has 0 fully saturated rings. The van der Waals surface area contributed by atoms with Gasteiger partial charge in [0.15, 0.2) is 0 Å². The second kappa shape index (κ2) is 7.33. The predicted octanol–water partition coefficient (Wildman–Crippen LogP) is 2.54. The maximum Gasteiger partial charge on any atom is 0.251 e. The number of nitrogens with one attached hydrogen (secondary N) is 1. The molecule has 1 unspecified atom stereocenters. The number of sulfonamides is 1. The third-order valence-corrected chi connectivity index (χ3v) is 5.03. The van der Waals surface area contributed by atoms with Gasteiger partial charge in [-0.3, -0.25) is 4.79 Å². The summed E-state index contributed by atoms with van der Waals surface area (Å²) in [7, 11) is -4.12. The van der Waals surface area contributed by atoms with Gasteiger partial charge in [0, 0.05) is 11.6 Å². The molecule has 0 bridgehead atoms. The van der Waals surface area contributed by atoms with E-state index in [0.29, 0.717) is 0 Å². The van der Waals surface area contributed by atoms with E-state index < -0.39 is 26.6 Å². The molecule has 0 aliphatic carbocycles. The molecule has 0 spiro atoms. The third kappa shape index (κ3) is 4.76. The summed E-state index contributed by atoms with van der Waals surface area (Å²) < 4.78 is 36.3. The van der Waals surface area contributed by atoms with Gasteiger partial charge in [0.2, 0.25) is 10.0 Å². The van der Waals surface area contributed by atoms with E-state index in [9.17, 15) is 17.6 Å². The Morgan fingerprint density at radius 2 is 2.05 bits per heavy atom. The van der Waals surface area contributed by atoms with E-state index in [-0.39, 0.29) is 16.1 Å². The van der Waals surface area contributed by atoms with Crippen molar-refractivity contribution in [3.05, 3.63) is 28.0 Å². The minimum atomic E-state index is -4.12. The molecule has 1 amide bonds. The molecule has 0 aliphatic rings. The maximum absolute atomic E-state index is 13.8. The predicted molar refractivity (Wildman–Crippen MR) is 81.9 cm³/mol. The van der Waals surface area contributed by atoms with Crippen LogP contribution in [0.1, 0.15) is 43.5 Å². The monoisotopic (exact) mass is 380 g/mol. The minimum absolute atomic E-state index is 0.0351. The van der Waals surface area contributed by atoms with Crippen molar-refractivity contribution in [3.8, 4) is 0 Å². The van der Waals surface area contributed by atoms with Crippen LogP contribution in [0.4, 0.5) is 4.39 Å². The van der Waals surface area contributed by atoms with Gasteiger partial charge in [0.1, 0.15) is 5.82 Å². The lowest BCUT2D eigenvalue weighted by atomic mass is 10.1. The van der Waals surface area contributed by atoms with Crippen LogP contribution in [-0.4, -0.2) is 20.4 Å². The van der Waals surface area contributed by atoms with Crippen LogP contribution in [-0.2, 0) is 10.0 Å². The molecule has 0 radical (unpaired) electrons. The molecule has 5 nitrogen and oxygen atoms in total. The van der Waals surface area contributed by atoms with Crippen LogP contribution in [0.2, 0.25) is 0 Å². The second-order valence-electron chi connectivity index (χ2n) is 4.68. The number of nitrogens with two attached hydrogens (primary N) is 1. The smallest absolute Gasteiger partial charge is 0.251 e. The molecule has 1 rings (SSSR count). The summed E-state index contributed by atoms with van der Waals surface area (Å²) in [6.45, 7) is 3.92. The number of halogens is 2. The molecular weight excluding hydrogens is 363 g/mol. The van der Waals surface area contributed by atoms with Gasteiger partial charge in [0.05, 0.1) is 9.37 Å². The molecular formula is C13H18BrFN2O3S. The Kier molecular flexibility index (Phi) is 6.30. The number of hydrogen-bond donors (Lipinski definition) is 2. The number of carbonyl (C=O) groups excluding carboxylic acids is 1. The molecule has 118 valence electrons. The van der Waals surface area contributed by atoms with Gasteiger partial charge in [-0.15, -0.1) is 0 Å². The Morgan fingerprint density at radius 3 is 2.52 bits per heavy atom. The zero-order valence-corrected chi connectivity index (χ0v) is 14.2. The summed E-state index contributed by atoms with van der Waals surface area (Å²) in [6.07, 6.45) is 2.43. The molecule has 21 heavy (non-hydrogen) atoms. The highest BCUT2D eigenvalue weighted by Crippen LogP contribution is 2.26. The fourth-order valence-electron chi connectivity index (χ4n) is 1.90. The quantitative estimate of drug-likeness (QED) is 0.794. The first-order valence-electron chi connectivity index (χ1n) is 6.53. The topological polar surface area (TPSA) is 89.3 Å². The van der Waals surface area contributed by atoms with Gasteiger partial charge in [-0.25, -0.2) is 17.9 Å². The SMILES string of the molecule is CCCC(CC)NC(=O)c1cc(F)c(Br)c(S(N)(=O)=O)c1. The summed E-state index contributed by atoms with van der Waals surface area (Å²) in [5.74, 6) is -1.37. The van der Waals surface area contributed by atoms with Crippen molar-refractivity contribution in [1.82, 2.24) is 5.32 Å². The highest BCUT2D eigenvalue weighted by molar-refractivity contribution is 9.10. The Hall–Kier alpha value is -0.990. The van der Waals surface area contributed by atoms with Crippen LogP contribution in [0.3, 0.4) is 0 Å². The first-order valence-corrected chi connectivity index (χ1v) is 8.87. The average Bonchev–Trinajstić information content (AvgIpc) is 2.39. The van der Waals surface area contributed by atoms with E-state index in [4.69, 9.17) is 5.14 Å². The molecule has 0 saturated carbocycles. The highest BCUT2D eigenvalue weighted by Gasteiger charge is 2.21. The third-order valence-electron chi connectivity index (χ3n) is 3.03. The van der Waals surface area contributed by atoms with Gasteiger partial charge in [-0.05, 0) is 40.9 Å². The zero-order chi connectivity index (χ0) is 16.2. The number of benzene rings is 1. The van der Waals surface area contributed by atoms with E-state index in [1.165, 1.54) is 0 Å². The van der Waals surface area contributed by atoms with Gasteiger partial charge < -0.3 is 5.32 Å². The Labute approximate surface area is 132 Å². The highest BCUT2D eigenvalue weighted by atomic mass is 79.9. The number of primary sulfonamides is 1. The van der Waals surface area contributed by atoms with E-state index in [1.807, 2.05) is 13.8 Å². The van der Waals surface area contributed by atoms with Gasteiger partial charge in [-0.2, -0.15) is 0 Å². The van der Waals surface area contributed by atoms with Crippen LogP contribution in [0.15, 0.2) is 21.5 Å². The standard InChI is InChI=1S/C13H18BrFN2O3S/c1-3-5-9(4-2)17-13(18)8-6-10(15)12(14)11(7-8)21(16,19)20/h6-7,9H,3-5H2,1-2H3,(H,17,18)(H2,16,19,20). The Balaban J connectivity index is 3.14. The Morgan fingerprint density at radius 1 is 1.43 bits per heavy atom. The number of rotatable bonds is 6. The van der Waals surface area contributed by atoms with Crippen molar-refractivity contribution < 1.29 is 17.6 Å². The van der Waals surface area contributed by atoms with Crippen molar-refractivity contribution in [1.29, 1.82) is 0 Å². The van der Waals surface area contributed by atoms with Crippen LogP contribution in [0.5, 0.6) is 0 Å². The van der Waals surface area contributed by atoms with Crippen molar-refractivity contribution in [2.75, 3.05) is 0 Å². The number of hydrogen-bond acceptors (Lipinski definition) is 3. The summed E-state index contributed by atoms with van der Waals surface area (Å²) in [6, 6.07) is 2.01. The van der Waals surface area contributed by atoms with Crippen LogP contribution >= 0.6 is 15.9 Å². The Bertz CT molecular complexity index is 635. The zero-order valence-electron chi connectivity index (χ0n) is 11.8. The van der Waals surface area contributed by atoms with E-state index in [2.05, 4.69) is 21.2 Å². The summed E-state index contributed by atoms with van der Waals surface area (Å²) in [4.78, 5) is 11.7. The van der Waals surface area contributed by atoms with Crippen molar-refractivity contribution in [2.24, 2.45) is 5.14 Å². The fraction of sp³-hybridized carbons (Fsp3) is 0.462. The summed E-state index contributed by atoms with van der Waals surface area (Å²) in [5.41, 5.74) is -0.0747. The lowest BCUT2D eigenvalue weighted by molar-refractivity contribution is 0.0933. The molecule has 0 heterocycles. The lowest BCUT2D eigenvalue weighted by Crippen LogP contribution is -2.34. The molecule has 1 atom stereocenters.